The fourth-order valence-electron chi connectivity index (χ4n) is 3.55. The Morgan fingerprint density at radius 1 is 1.03 bits per heavy atom. The molecule has 3 N–H and O–H groups in total. The van der Waals surface area contributed by atoms with Gasteiger partial charge in [-0.25, -0.2) is 10.3 Å². The van der Waals surface area contributed by atoms with Crippen LogP contribution in [-0.2, 0) is 21.0 Å². The van der Waals surface area contributed by atoms with Crippen LogP contribution in [0.4, 0.5) is 0 Å². The summed E-state index contributed by atoms with van der Waals surface area (Å²) in [6, 6.07) is 15.0. The summed E-state index contributed by atoms with van der Waals surface area (Å²) in [6.07, 6.45) is 3.31. The highest BCUT2D eigenvalue weighted by atomic mass is 16.7. The van der Waals surface area contributed by atoms with Crippen molar-refractivity contribution in [3.63, 3.8) is 0 Å². The zero-order valence-electron chi connectivity index (χ0n) is 17.9. The predicted molar refractivity (Wildman–Crippen MR) is 115 cm³/mol. The normalized spacial score (nSPS) is 15.6. The number of hydrogen-bond donors (Lipinski definition) is 2. The molecule has 30 heavy (non-hydrogen) atoms. The molecular formula is C24H30N2O4. The third-order valence-corrected chi connectivity index (χ3v) is 5.16. The number of carbonyl (C=O) groups is 2. The molecule has 0 unspecified atom stereocenters. The minimum atomic E-state index is -0.810. The van der Waals surface area contributed by atoms with Crippen molar-refractivity contribution in [3.8, 4) is 11.1 Å². The highest BCUT2D eigenvalue weighted by Gasteiger charge is 2.37. The van der Waals surface area contributed by atoms with Gasteiger partial charge in [0.1, 0.15) is 5.60 Å². The highest BCUT2D eigenvalue weighted by molar-refractivity contribution is 5.97. The van der Waals surface area contributed by atoms with Gasteiger partial charge in [-0.2, -0.15) is 0 Å². The van der Waals surface area contributed by atoms with Gasteiger partial charge in [-0.05, 0) is 56.4 Å². The van der Waals surface area contributed by atoms with Gasteiger partial charge >= 0.3 is 5.97 Å². The second kappa shape index (κ2) is 8.98. The molecule has 0 spiro atoms. The molecule has 2 aromatic rings. The number of nitrogens with one attached hydrogen (secondary N) is 1. The van der Waals surface area contributed by atoms with Crippen molar-refractivity contribution in [2.24, 2.45) is 5.73 Å². The lowest BCUT2D eigenvalue weighted by atomic mass is 9.98. The molecule has 0 saturated heterocycles. The van der Waals surface area contributed by atoms with Crippen LogP contribution in [0.25, 0.3) is 11.1 Å². The van der Waals surface area contributed by atoms with Crippen molar-refractivity contribution in [1.82, 2.24) is 5.48 Å². The van der Waals surface area contributed by atoms with Gasteiger partial charge in [0.2, 0.25) is 0 Å². The van der Waals surface area contributed by atoms with E-state index >= 15 is 0 Å². The Balaban J connectivity index is 1.63. The Labute approximate surface area is 177 Å². The predicted octanol–water partition coefficient (Wildman–Crippen LogP) is 4.13. The molecule has 1 aliphatic carbocycles. The highest BCUT2D eigenvalue weighted by Crippen LogP contribution is 2.28. The summed E-state index contributed by atoms with van der Waals surface area (Å²) in [4.78, 5) is 30.1. The first-order chi connectivity index (χ1) is 14.2. The van der Waals surface area contributed by atoms with E-state index in [2.05, 4.69) is 5.48 Å². The quantitative estimate of drug-likeness (QED) is 0.552. The Morgan fingerprint density at radius 3 is 2.30 bits per heavy atom. The van der Waals surface area contributed by atoms with Gasteiger partial charge < -0.3 is 10.5 Å². The molecule has 1 saturated carbocycles. The molecule has 1 amide bonds. The lowest BCUT2D eigenvalue weighted by Gasteiger charge is -2.21. The molecule has 0 heterocycles. The smallest absolute Gasteiger partial charge is 0.339 e. The van der Waals surface area contributed by atoms with Crippen molar-refractivity contribution in [1.29, 1.82) is 0 Å². The van der Waals surface area contributed by atoms with E-state index in [1.807, 2.05) is 63.2 Å². The Kier molecular flexibility index (Phi) is 6.58. The molecule has 0 aromatic heterocycles. The number of rotatable bonds is 6. The molecule has 3 rings (SSSR count). The molecule has 1 fully saturated rings. The second-order valence-electron chi connectivity index (χ2n) is 8.83. The number of esters is 1. The van der Waals surface area contributed by atoms with Gasteiger partial charge in [-0.3, -0.25) is 9.63 Å². The number of benzene rings is 2. The molecule has 0 atom stereocenters. The van der Waals surface area contributed by atoms with Gasteiger partial charge in [0.25, 0.3) is 5.91 Å². The largest absolute Gasteiger partial charge is 0.456 e. The van der Waals surface area contributed by atoms with E-state index < -0.39 is 11.1 Å². The molecule has 0 bridgehead atoms. The van der Waals surface area contributed by atoms with Crippen molar-refractivity contribution < 1.29 is 19.2 Å². The summed E-state index contributed by atoms with van der Waals surface area (Å²) < 4.78 is 5.53. The third-order valence-electron chi connectivity index (χ3n) is 5.16. The van der Waals surface area contributed by atoms with Crippen molar-refractivity contribution in [2.45, 2.75) is 64.2 Å². The van der Waals surface area contributed by atoms with Crippen molar-refractivity contribution in [3.05, 3.63) is 59.7 Å². The van der Waals surface area contributed by atoms with Gasteiger partial charge in [0.15, 0.2) is 0 Å². The van der Waals surface area contributed by atoms with E-state index in [1.165, 1.54) is 0 Å². The van der Waals surface area contributed by atoms with Crippen LogP contribution in [0, 0.1) is 0 Å². The van der Waals surface area contributed by atoms with Crippen LogP contribution in [0.3, 0.4) is 0 Å². The molecule has 1 aliphatic rings. The number of hydrogen-bond acceptors (Lipinski definition) is 5. The van der Waals surface area contributed by atoms with E-state index in [1.54, 1.807) is 6.07 Å². The maximum atomic E-state index is 12.6. The Hall–Kier alpha value is -2.70. The topological polar surface area (TPSA) is 90.6 Å². The van der Waals surface area contributed by atoms with E-state index in [0.29, 0.717) is 18.4 Å². The van der Waals surface area contributed by atoms with E-state index in [9.17, 15) is 9.59 Å². The van der Waals surface area contributed by atoms with Crippen LogP contribution < -0.4 is 11.2 Å². The number of ether oxygens (including phenoxy) is 1. The fourth-order valence-corrected chi connectivity index (χ4v) is 3.55. The standard InChI is InChI=1S/C24H30N2O4/c1-23(2,3)30-21(27)20-9-5-4-8-19(20)18-12-10-17(11-13-18)16-29-26-22(28)24(25)14-6-7-15-24/h4-5,8-13H,6-7,14-16,25H2,1-3H3,(H,26,28). The van der Waals surface area contributed by atoms with E-state index in [4.69, 9.17) is 15.3 Å². The molecule has 0 aliphatic heterocycles. The minimum absolute atomic E-state index is 0.232. The maximum absolute atomic E-state index is 12.6. The zero-order valence-corrected chi connectivity index (χ0v) is 17.9. The van der Waals surface area contributed by atoms with E-state index in [0.717, 1.165) is 29.5 Å². The average molecular weight is 411 g/mol. The number of nitrogens with two attached hydrogens (primary N) is 1. The molecule has 6 nitrogen and oxygen atoms in total. The molecule has 160 valence electrons. The van der Waals surface area contributed by atoms with Crippen molar-refractivity contribution >= 4 is 11.9 Å². The summed E-state index contributed by atoms with van der Waals surface area (Å²) in [5, 5.41) is 0. The molecule has 6 heteroatoms. The molecular weight excluding hydrogens is 380 g/mol. The maximum Gasteiger partial charge on any atom is 0.339 e. The first-order valence-corrected chi connectivity index (χ1v) is 10.3. The third kappa shape index (κ3) is 5.46. The lowest BCUT2D eigenvalue weighted by molar-refractivity contribution is -0.140. The summed E-state index contributed by atoms with van der Waals surface area (Å²) >= 11 is 0. The van der Waals surface area contributed by atoms with Gasteiger partial charge in [-0.1, -0.05) is 55.3 Å². The minimum Gasteiger partial charge on any atom is -0.456 e. The van der Waals surface area contributed by atoms with Crippen LogP contribution >= 0.6 is 0 Å². The van der Waals surface area contributed by atoms with Crippen molar-refractivity contribution in [2.75, 3.05) is 0 Å². The summed E-state index contributed by atoms with van der Waals surface area (Å²) in [5.74, 6) is -0.612. The summed E-state index contributed by atoms with van der Waals surface area (Å²) in [6.45, 7) is 5.77. The second-order valence-corrected chi connectivity index (χ2v) is 8.83. The fraction of sp³-hybridized carbons (Fsp3) is 0.417. The number of hydroxylamine groups is 1. The van der Waals surface area contributed by atoms with Crippen LogP contribution in [0.5, 0.6) is 0 Å². The average Bonchev–Trinajstić information content (AvgIpc) is 3.15. The Morgan fingerprint density at radius 2 is 1.67 bits per heavy atom. The van der Waals surface area contributed by atoms with Crippen LogP contribution in [-0.4, -0.2) is 23.0 Å². The zero-order chi connectivity index (χ0) is 21.8. The SMILES string of the molecule is CC(C)(C)OC(=O)c1ccccc1-c1ccc(CONC(=O)C2(N)CCCC2)cc1. The summed E-state index contributed by atoms with van der Waals surface area (Å²) in [5.41, 5.74) is 10.3. The van der Waals surface area contributed by atoms with Gasteiger partial charge in [-0.15, -0.1) is 0 Å². The first-order valence-electron chi connectivity index (χ1n) is 10.3. The monoisotopic (exact) mass is 410 g/mol. The van der Waals surface area contributed by atoms with Crippen LogP contribution in [0.1, 0.15) is 62.4 Å². The van der Waals surface area contributed by atoms with E-state index in [-0.39, 0.29) is 18.5 Å². The van der Waals surface area contributed by atoms with Gasteiger partial charge in [0, 0.05) is 0 Å². The van der Waals surface area contributed by atoms with Crippen LogP contribution in [0.15, 0.2) is 48.5 Å². The number of carbonyl (C=O) groups excluding carboxylic acids is 2. The van der Waals surface area contributed by atoms with Gasteiger partial charge in [0.05, 0.1) is 17.7 Å². The molecule has 0 radical (unpaired) electrons. The Bertz CT molecular complexity index is 894. The first kappa shape index (κ1) is 22.0. The summed E-state index contributed by atoms with van der Waals surface area (Å²) in [7, 11) is 0. The molecule has 2 aromatic carbocycles. The lowest BCUT2D eigenvalue weighted by Crippen LogP contribution is -2.51. The number of amides is 1. The van der Waals surface area contributed by atoms with Crippen LogP contribution in [0.2, 0.25) is 0 Å².